The van der Waals surface area contributed by atoms with Gasteiger partial charge in [0.2, 0.25) is 0 Å². The number of benzene rings is 1. The first kappa shape index (κ1) is 10.3. The van der Waals surface area contributed by atoms with E-state index < -0.39 is 5.82 Å². The van der Waals surface area contributed by atoms with E-state index in [9.17, 15) is 4.39 Å². The van der Waals surface area contributed by atoms with Crippen molar-refractivity contribution in [2.45, 2.75) is 0 Å². The van der Waals surface area contributed by atoms with Crippen LogP contribution in [0, 0.1) is 5.82 Å². The zero-order chi connectivity index (χ0) is 9.68. The van der Waals surface area contributed by atoms with Gasteiger partial charge in [-0.15, -0.1) is 0 Å². The molecule has 13 heavy (non-hydrogen) atoms. The molecule has 72 valence electrons. The van der Waals surface area contributed by atoms with Gasteiger partial charge in [0.15, 0.2) is 0 Å². The first-order chi connectivity index (χ1) is 6.24. The van der Waals surface area contributed by atoms with Crippen molar-refractivity contribution in [3.05, 3.63) is 29.0 Å². The van der Waals surface area contributed by atoms with E-state index in [0.29, 0.717) is 18.8 Å². The largest absolute Gasteiger partial charge is 0.383 e. The lowest BCUT2D eigenvalue weighted by atomic mass is 10.3. The summed E-state index contributed by atoms with van der Waals surface area (Å²) >= 11 is 5.51. The van der Waals surface area contributed by atoms with Crippen molar-refractivity contribution in [2.75, 3.05) is 25.6 Å². The van der Waals surface area contributed by atoms with E-state index in [1.54, 1.807) is 13.2 Å². The van der Waals surface area contributed by atoms with Gasteiger partial charge in [0.05, 0.1) is 11.6 Å². The maximum absolute atomic E-state index is 12.9. The quantitative estimate of drug-likeness (QED) is 0.760. The molecule has 0 aliphatic carbocycles. The van der Waals surface area contributed by atoms with E-state index in [-0.39, 0.29) is 5.02 Å². The molecule has 0 aliphatic heterocycles. The van der Waals surface area contributed by atoms with E-state index in [4.69, 9.17) is 16.3 Å². The lowest BCUT2D eigenvalue weighted by Gasteiger charge is -2.05. The SMILES string of the molecule is COCCNc1ccc(Cl)c(F)c1. The van der Waals surface area contributed by atoms with Gasteiger partial charge in [-0.25, -0.2) is 4.39 Å². The summed E-state index contributed by atoms with van der Waals surface area (Å²) < 4.78 is 17.7. The molecule has 1 aromatic rings. The molecule has 2 nitrogen and oxygen atoms in total. The van der Waals surface area contributed by atoms with Gasteiger partial charge < -0.3 is 10.1 Å². The van der Waals surface area contributed by atoms with Crippen LogP contribution >= 0.6 is 11.6 Å². The molecule has 0 saturated carbocycles. The van der Waals surface area contributed by atoms with Crippen molar-refractivity contribution in [3.63, 3.8) is 0 Å². The summed E-state index contributed by atoms with van der Waals surface area (Å²) in [6.07, 6.45) is 0. The smallest absolute Gasteiger partial charge is 0.143 e. The molecule has 0 spiro atoms. The summed E-state index contributed by atoms with van der Waals surface area (Å²) in [5.74, 6) is -0.413. The number of ether oxygens (including phenoxy) is 1. The van der Waals surface area contributed by atoms with E-state index in [1.807, 2.05) is 0 Å². The Bertz CT molecular complexity index is 280. The van der Waals surface area contributed by atoms with E-state index in [1.165, 1.54) is 12.1 Å². The zero-order valence-electron chi connectivity index (χ0n) is 7.31. The van der Waals surface area contributed by atoms with Crippen LogP contribution in [0.15, 0.2) is 18.2 Å². The molecule has 0 bridgehead atoms. The molecular formula is C9H11ClFNO. The van der Waals surface area contributed by atoms with Gasteiger partial charge in [0.25, 0.3) is 0 Å². The van der Waals surface area contributed by atoms with Crippen molar-refractivity contribution in [2.24, 2.45) is 0 Å². The maximum atomic E-state index is 12.9. The third-order valence-corrected chi connectivity index (χ3v) is 1.86. The highest BCUT2D eigenvalue weighted by atomic mass is 35.5. The summed E-state index contributed by atoms with van der Waals surface area (Å²) in [6.45, 7) is 1.24. The standard InChI is InChI=1S/C9H11ClFNO/c1-13-5-4-12-7-2-3-8(10)9(11)6-7/h2-3,6,12H,4-5H2,1H3. The Balaban J connectivity index is 2.53. The third-order valence-electron chi connectivity index (χ3n) is 1.55. The highest BCUT2D eigenvalue weighted by Gasteiger charge is 1.99. The number of hydrogen-bond acceptors (Lipinski definition) is 2. The van der Waals surface area contributed by atoms with Gasteiger partial charge in [0.1, 0.15) is 5.82 Å². The minimum Gasteiger partial charge on any atom is -0.383 e. The molecule has 1 N–H and O–H groups in total. The first-order valence-corrected chi connectivity index (χ1v) is 4.29. The fourth-order valence-electron chi connectivity index (χ4n) is 0.904. The molecule has 1 rings (SSSR count). The van der Waals surface area contributed by atoms with Crippen molar-refractivity contribution in [1.29, 1.82) is 0 Å². The molecule has 0 unspecified atom stereocenters. The molecule has 1 aromatic carbocycles. The fourth-order valence-corrected chi connectivity index (χ4v) is 1.02. The normalized spacial score (nSPS) is 10.1. The molecule has 0 fully saturated rings. The average Bonchev–Trinajstić information content (AvgIpc) is 2.12. The second-order valence-electron chi connectivity index (χ2n) is 2.55. The second-order valence-corrected chi connectivity index (χ2v) is 2.96. The number of anilines is 1. The summed E-state index contributed by atoms with van der Waals surface area (Å²) in [4.78, 5) is 0. The van der Waals surface area contributed by atoms with Crippen LogP contribution in [-0.2, 0) is 4.74 Å². The summed E-state index contributed by atoms with van der Waals surface area (Å²) in [5, 5.41) is 3.13. The molecule has 0 heterocycles. The van der Waals surface area contributed by atoms with Crippen LogP contribution in [0.2, 0.25) is 5.02 Å². The molecule has 0 saturated heterocycles. The Kier molecular flexibility index (Phi) is 3.99. The second kappa shape index (κ2) is 5.04. The van der Waals surface area contributed by atoms with Crippen molar-refractivity contribution >= 4 is 17.3 Å². The van der Waals surface area contributed by atoms with Crippen LogP contribution in [-0.4, -0.2) is 20.3 Å². The summed E-state index contributed by atoms with van der Waals surface area (Å²) in [6, 6.07) is 4.60. The van der Waals surface area contributed by atoms with Crippen LogP contribution in [0.25, 0.3) is 0 Å². The zero-order valence-corrected chi connectivity index (χ0v) is 8.07. The minimum atomic E-state index is -0.413. The van der Waals surface area contributed by atoms with Gasteiger partial charge in [-0.2, -0.15) is 0 Å². The lowest BCUT2D eigenvalue weighted by Crippen LogP contribution is -2.07. The molecule has 4 heteroatoms. The van der Waals surface area contributed by atoms with Crippen LogP contribution in [0.4, 0.5) is 10.1 Å². The Morgan fingerprint density at radius 3 is 2.92 bits per heavy atom. The van der Waals surface area contributed by atoms with Crippen LogP contribution in [0.3, 0.4) is 0 Å². The highest BCUT2D eigenvalue weighted by Crippen LogP contribution is 2.18. The number of nitrogens with one attached hydrogen (secondary N) is 1. The first-order valence-electron chi connectivity index (χ1n) is 3.92. The Hall–Kier alpha value is -0.800. The molecular weight excluding hydrogens is 193 g/mol. The Labute approximate surface area is 81.7 Å². The van der Waals surface area contributed by atoms with Crippen LogP contribution in [0.5, 0.6) is 0 Å². The monoisotopic (exact) mass is 203 g/mol. The maximum Gasteiger partial charge on any atom is 0.143 e. The van der Waals surface area contributed by atoms with Crippen molar-refractivity contribution < 1.29 is 9.13 Å². The topological polar surface area (TPSA) is 21.3 Å². The summed E-state index contributed by atoms with van der Waals surface area (Å²) in [5.41, 5.74) is 0.707. The molecule has 0 radical (unpaired) electrons. The number of hydrogen-bond donors (Lipinski definition) is 1. The predicted octanol–water partition coefficient (Wildman–Crippen LogP) is 2.54. The van der Waals surface area contributed by atoms with Crippen LogP contribution in [0.1, 0.15) is 0 Å². The predicted molar refractivity (Wildman–Crippen MR) is 51.8 cm³/mol. The number of methoxy groups -OCH3 is 1. The fraction of sp³-hybridized carbons (Fsp3) is 0.333. The van der Waals surface area contributed by atoms with Crippen molar-refractivity contribution in [1.82, 2.24) is 0 Å². The van der Waals surface area contributed by atoms with Gasteiger partial charge in [-0.3, -0.25) is 0 Å². The highest BCUT2D eigenvalue weighted by molar-refractivity contribution is 6.30. The Morgan fingerprint density at radius 1 is 1.54 bits per heavy atom. The molecule has 0 aliphatic rings. The van der Waals surface area contributed by atoms with Gasteiger partial charge >= 0.3 is 0 Å². The minimum absolute atomic E-state index is 0.136. The molecule has 0 atom stereocenters. The van der Waals surface area contributed by atoms with Gasteiger partial charge in [-0.1, -0.05) is 11.6 Å². The van der Waals surface area contributed by atoms with Gasteiger partial charge in [0, 0.05) is 19.3 Å². The van der Waals surface area contributed by atoms with Crippen molar-refractivity contribution in [3.8, 4) is 0 Å². The summed E-state index contributed by atoms with van der Waals surface area (Å²) in [7, 11) is 1.62. The third kappa shape index (κ3) is 3.20. The van der Waals surface area contributed by atoms with E-state index in [2.05, 4.69) is 5.32 Å². The lowest BCUT2D eigenvalue weighted by molar-refractivity contribution is 0.211. The van der Waals surface area contributed by atoms with E-state index in [0.717, 1.165) is 0 Å². The molecule has 0 amide bonds. The Morgan fingerprint density at radius 2 is 2.31 bits per heavy atom. The average molecular weight is 204 g/mol. The van der Waals surface area contributed by atoms with E-state index >= 15 is 0 Å². The molecule has 0 aromatic heterocycles. The number of halogens is 2. The van der Waals surface area contributed by atoms with Crippen LogP contribution < -0.4 is 5.32 Å². The van der Waals surface area contributed by atoms with Gasteiger partial charge in [-0.05, 0) is 18.2 Å². The number of rotatable bonds is 4.